The smallest absolute Gasteiger partial charge is 0.0468 e. The number of hydrogen-bond donors (Lipinski definition) is 0. The second-order valence-corrected chi connectivity index (χ2v) is 13.6. The van der Waals surface area contributed by atoms with Crippen LogP contribution in [0.5, 0.6) is 0 Å². The van der Waals surface area contributed by atoms with Gasteiger partial charge in [0.05, 0.1) is 0 Å². The van der Waals surface area contributed by atoms with Crippen LogP contribution in [0.3, 0.4) is 0 Å². The minimum Gasteiger partial charge on any atom is -0.310 e. The third-order valence-corrected chi connectivity index (χ3v) is 10.9. The Balaban J connectivity index is 1.15. The number of benzene rings is 9. The topological polar surface area (TPSA) is 3.24 Å². The van der Waals surface area contributed by atoms with Crippen molar-refractivity contribution >= 4 is 91.7 Å². The Morgan fingerprint density at radius 2 is 0.896 bits per heavy atom. The molecule has 9 aromatic carbocycles. The number of hydrogen-bond acceptors (Lipinski definition) is 2. The van der Waals surface area contributed by atoms with Crippen molar-refractivity contribution in [1.82, 2.24) is 0 Å². The van der Waals surface area contributed by atoms with E-state index in [1.54, 1.807) is 0 Å². The molecule has 10 aromatic rings. The second kappa shape index (κ2) is 10.8. The van der Waals surface area contributed by atoms with Crippen LogP contribution in [0.25, 0.3) is 74.4 Å². The van der Waals surface area contributed by atoms with Crippen LogP contribution in [0.15, 0.2) is 176 Å². The van der Waals surface area contributed by atoms with Crippen LogP contribution in [0.1, 0.15) is 0 Å². The summed E-state index contributed by atoms with van der Waals surface area (Å²) < 4.78 is 2.64. The van der Waals surface area contributed by atoms with Crippen LogP contribution in [-0.2, 0) is 0 Å². The Labute approximate surface area is 282 Å². The predicted octanol–water partition coefficient (Wildman–Crippen LogP) is 13.8. The van der Waals surface area contributed by atoms with Crippen LogP contribution < -0.4 is 4.90 Å². The molecule has 0 saturated heterocycles. The summed E-state index contributed by atoms with van der Waals surface area (Å²) in [5, 5.41) is 12.9. The van der Waals surface area contributed by atoms with Crippen LogP contribution in [0.4, 0.5) is 17.1 Å². The van der Waals surface area contributed by atoms with Crippen LogP contribution in [0, 0.1) is 0 Å². The normalized spacial score (nSPS) is 11.8. The van der Waals surface area contributed by atoms with Gasteiger partial charge in [-0.2, -0.15) is 0 Å². The molecule has 0 N–H and O–H groups in total. The lowest BCUT2D eigenvalue weighted by Gasteiger charge is -2.26. The number of thiophene rings is 1. The third-order valence-electron chi connectivity index (χ3n) is 9.80. The maximum atomic E-state index is 2.38. The number of anilines is 3. The molecule has 2 heteroatoms. The van der Waals surface area contributed by atoms with Gasteiger partial charge in [-0.1, -0.05) is 127 Å². The van der Waals surface area contributed by atoms with Gasteiger partial charge in [0.2, 0.25) is 0 Å². The fourth-order valence-corrected chi connectivity index (χ4v) is 8.71. The highest BCUT2D eigenvalue weighted by Gasteiger charge is 2.17. The van der Waals surface area contributed by atoms with E-state index in [-0.39, 0.29) is 0 Å². The van der Waals surface area contributed by atoms with E-state index in [0.717, 1.165) is 17.1 Å². The maximum Gasteiger partial charge on any atom is 0.0468 e. The summed E-state index contributed by atoms with van der Waals surface area (Å²) in [6.07, 6.45) is 0. The van der Waals surface area contributed by atoms with E-state index in [4.69, 9.17) is 0 Å². The summed E-state index contributed by atoms with van der Waals surface area (Å²) in [5.74, 6) is 0. The van der Waals surface area contributed by atoms with Gasteiger partial charge in [-0.05, 0) is 103 Å². The SMILES string of the molecule is c1ccc(N(c2ccc(-c3cccc4ccc5ccc6ccccc6c5c34)cc2)c2ccc3sc4ccc5ccccc5c4c3c2)cc1. The molecule has 0 atom stereocenters. The number of nitrogens with zero attached hydrogens (tertiary/aromatic N) is 1. The molecule has 0 aliphatic carbocycles. The summed E-state index contributed by atoms with van der Waals surface area (Å²) in [6, 6.07) is 64.5. The summed E-state index contributed by atoms with van der Waals surface area (Å²) in [5.41, 5.74) is 5.88. The van der Waals surface area contributed by atoms with Gasteiger partial charge in [-0.15, -0.1) is 11.3 Å². The molecule has 1 nitrogen and oxygen atoms in total. The molecule has 1 aromatic heterocycles. The molecular formula is C46H29NS. The van der Waals surface area contributed by atoms with E-state index < -0.39 is 0 Å². The Morgan fingerprint density at radius 3 is 1.67 bits per heavy atom. The number of fused-ring (bicyclic) bond motifs is 10. The first kappa shape index (κ1) is 27.2. The zero-order valence-corrected chi connectivity index (χ0v) is 26.9. The van der Waals surface area contributed by atoms with E-state index in [1.807, 2.05) is 11.3 Å². The van der Waals surface area contributed by atoms with E-state index in [1.165, 1.54) is 74.4 Å². The summed E-state index contributed by atoms with van der Waals surface area (Å²) in [6.45, 7) is 0. The molecule has 0 saturated carbocycles. The standard InChI is InChI=1S/C46H29NS/c1-2-12-35(13-3-1)47(37-26-28-42-41(29-37)46-40-15-7-5-10-31(40)23-27-43(46)48-42)36-24-21-32(22-25-36)39-16-8-11-33-19-20-34-18-17-30-9-4-6-14-38(30)45(34)44(33)39/h1-29H. The van der Waals surface area contributed by atoms with Crippen molar-refractivity contribution in [1.29, 1.82) is 0 Å². The van der Waals surface area contributed by atoms with Gasteiger partial charge in [0.25, 0.3) is 0 Å². The highest BCUT2D eigenvalue weighted by molar-refractivity contribution is 7.26. The molecule has 48 heavy (non-hydrogen) atoms. The highest BCUT2D eigenvalue weighted by Crippen LogP contribution is 2.44. The van der Waals surface area contributed by atoms with E-state index in [2.05, 4.69) is 181 Å². The predicted molar refractivity (Wildman–Crippen MR) is 209 cm³/mol. The van der Waals surface area contributed by atoms with Crippen molar-refractivity contribution in [3.63, 3.8) is 0 Å². The third kappa shape index (κ3) is 4.24. The minimum absolute atomic E-state index is 1.13. The number of para-hydroxylation sites is 1. The first-order valence-corrected chi connectivity index (χ1v) is 17.2. The monoisotopic (exact) mass is 627 g/mol. The Kier molecular flexibility index (Phi) is 6.12. The summed E-state index contributed by atoms with van der Waals surface area (Å²) in [7, 11) is 0. The Hall–Kier alpha value is -5.96. The second-order valence-electron chi connectivity index (χ2n) is 12.5. The van der Waals surface area contributed by atoms with E-state index in [0.29, 0.717) is 0 Å². The molecule has 10 rings (SSSR count). The van der Waals surface area contributed by atoms with Gasteiger partial charge in [-0.3, -0.25) is 0 Å². The average molecular weight is 628 g/mol. The van der Waals surface area contributed by atoms with Gasteiger partial charge in [0.1, 0.15) is 0 Å². The zero-order chi connectivity index (χ0) is 31.6. The maximum absolute atomic E-state index is 2.38. The molecular weight excluding hydrogens is 599 g/mol. The summed E-state index contributed by atoms with van der Waals surface area (Å²) in [4.78, 5) is 2.38. The van der Waals surface area contributed by atoms with Gasteiger partial charge in [-0.25, -0.2) is 0 Å². The molecule has 0 aliphatic rings. The van der Waals surface area contributed by atoms with Crippen LogP contribution >= 0.6 is 11.3 Å². The van der Waals surface area contributed by atoms with Gasteiger partial charge < -0.3 is 4.90 Å². The van der Waals surface area contributed by atoms with Crippen molar-refractivity contribution in [3.05, 3.63) is 176 Å². The van der Waals surface area contributed by atoms with Crippen molar-refractivity contribution in [2.24, 2.45) is 0 Å². The van der Waals surface area contributed by atoms with Gasteiger partial charge in [0.15, 0.2) is 0 Å². The molecule has 1 heterocycles. The van der Waals surface area contributed by atoms with Crippen molar-refractivity contribution in [2.45, 2.75) is 0 Å². The number of rotatable bonds is 4. The lowest BCUT2D eigenvalue weighted by Crippen LogP contribution is -2.09. The minimum atomic E-state index is 1.13. The first-order valence-electron chi connectivity index (χ1n) is 16.4. The molecule has 0 aliphatic heterocycles. The van der Waals surface area contributed by atoms with Gasteiger partial charge in [0, 0.05) is 37.2 Å². The Bertz CT molecular complexity index is 2820. The fourth-order valence-electron chi connectivity index (χ4n) is 7.60. The van der Waals surface area contributed by atoms with E-state index >= 15 is 0 Å². The lowest BCUT2D eigenvalue weighted by molar-refractivity contribution is 1.29. The Morgan fingerprint density at radius 1 is 0.333 bits per heavy atom. The molecule has 0 unspecified atom stereocenters. The highest BCUT2D eigenvalue weighted by atomic mass is 32.1. The van der Waals surface area contributed by atoms with Crippen molar-refractivity contribution in [2.75, 3.05) is 4.90 Å². The van der Waals surface area contributed by atoms with Crippen molar-refractivity contribution in [3.8, 4) is 11.1 Å². The van der Waals surface area contributed by atoms with Crippen LogP contribution in [0.2, 0.25) is 0 Å². The molecule has 0 spiro atoms. The van der Waals surface area contributed by atoms with E-state index in [9.17, 15) is 0 Å². The molecule has 0 bridgehead atoms. The largest absolute Gasteiger partial charge is 0.310 e. The zero-order valence-electron chi connectivity index (χ0n) is 26.1. The molecule has 0 amide bonds. The van der Waals surface area contributed by atoms with Crippen molar-refractivity contribution < 1.29 is 0 Å². The van der Waals surface area contributed by atoms with Crippen LogP contribution in [-0.4, -0.2) is 0 Å². The quantitative estimate of drug-likeness (QED) is 0.176. The van der Waals surface area contributed by atoms with Gasteiger partial charge >= 0.3 is 0 Å². The lowest BCUT2D eigenvalue weighted by atomic mass is 9.91. The molecule has 224 valence electrons. The fraction of sp³-hybridized carbons (Fsp3) is 0. The molecule has 0 fully saturated rings. The summed E-state index contributed by atoms with van der Waals surface area (Å²) >= 11 is 1.87. The molecule has 0 radical (unpaired) electrons. The average Bonchev–Trinajstić information content (AvgIpc) is 3.54. The first-order chi connectivity index (χ1) is 23.8.